The van der Waals surface area contributed by atoms with Crippen molar-refractivity contribution in [3.05, 3.63) is 30.1 Å². The first-order chi connectivity index (χ1) is 8.84. The van der Waals surface area contributed by atoms with E-state index in [0.717, 1.165) is 32.5 Å². The van der Waals surface area contributed by atoms with E-state index in [-0.39, 0.29) is 0 Å². The lowest BCUT2D eigenvalue weighted by Gasteiger charge is -2.06. The number of rotatable bonds is 10. The van der Waals surface area contributed by atoms with Crippen molar-refractivity contribution in [2.45, 2.75) is 39.0 Å². The minimum atomic E-state index is -0.408. The first-order valence-electron chi connectivity index (χ1n) is 6.71. The third-order valence-electron chi connectivity index (χ3n) is 2.66. The molecule has 1 rings (SSSR count). The summed E-state index contributed by atoms with van der Waals surface area (Å²) in [5, 5.41) is 0. The molecular weight excluding hydrogens is 231 g/mol. The summed E-state index contributed by atoms with van der Waals surface area (Å²) in [6, 6.07) is 7.38. The Labute approximate surface area is 109 Å². The molecule has 0 heterocycles. The summed E-state index contributed by atoms with van der Waals surface area (Å²) in [4.78, 5) is 0. The highest BCUT2D eigenvalue weighted by Crippen LogP contribution is 2.15. The van der Waals surface area contributed by atoms with Crippen LogP contribution in [0.3, 0.4) is 0 Å². The van der Waals surface area contributed by atoms with Crippen molar-refractivity contribution < 1.29 is 13.9 Å². The molecule has 3 heteroatoms. The van der Waals surface area contributed by atoms with Crippen LogP contribution in [0.2, 0.25) is 0 Å². The molecule has 101 valence electrons. The first kappa shape index (κ1) is 15.0. The average molecular weight is 253 g/mol. The quantitative estimate of drug-likeness (QED) is 0.587. The lowest BCUT2D eigenvalue weighted by Crippen LogP contribution is -1.99. The van der Waals surface area contributed by atoms with Crippen molar-refractivity contribution in [1.29, 1.82) is 0 Å². The van der Waals surface area contributed by atoms with E-state index < -0.39 is 5.82 Å². The van der Waals surface area contributed by atoms with Crippen LogP contribution in [-0.2, 0) is 4.74 Å². The summed E-state index contributed by atoms with van der Waals surface area (Å²) >= 11 is 0. The van der Waals surface area contributed by atoms with Crippen LogP contribution in [-0.4, -0.2) is 19.8 Å². The molecule has 0 aliphatic carbocycles. The zero-order valence-corrected chi connectivity index (χ0v) is 11.1. The van der Waals surface area contributed by atoms with Gasteiger partial charge in [0.15, 0.2) is 11.6 Å². The maximum atomic E-state index is 13.1. The molecule has 0 bridgehead atoms. The lowest BCUT2D eigenvalue weighted by atomic mass is 10.1. The number of hydrogen-bond donors (Lipinski definition) is 0. The Morgan fingerprint density at radius 3 is 2.56 bits per heavy atom. The van der Waals surface area contributed by atoms with Crippen molar-refractivity contribution >= 4 is 0 Å². The molecule has 1 aromatic rings. The van der Waals surface area contributed by atoms with Gasteiger partial charge in [-0.15, -0.1) is 0 Å². The van der Waals surface area contributed by atoms with Gasteiger partial charge in [-0.3, -0.25) is 0 Å². The summed E-state index contributed by atoms with van der Waals surface area (Å²) in [5.74, 6) is -0.108. The van der Waals surface area contributed by atoms with Crippen molar-refractivity contribution in [3.63, 3.8) is 0 Å². The zero-order chi connectivity index (χ0) is 13.1. The van der Waals surface area contributed by atoms with Gasteiger partial charge in [0, 0.05) is 19.3 Å². The van der Waals surface area contributed by atoms with Gasteiger partial charge in [0.1, 0.15) is 0 Å². The number of ether oxygens (including phenoxy) is 2. The highest BCUT2D eigenvalue weighted by Gasteiger charge is 2.00. The van der Waals surface area contributed by atoms with Gasteiger partial charge in [-0.2, -0.15) is 0 Å². The number of benzene rings is 1. The summed E-state index contributed by atoms with van der Waals surface area (Å²) in [5.41, 5.74) is 0. The van der Waals surface area contributed by atoms with E-state index in [9.17, 15) is 4.39 Å². The molecule has 0 saturated heterocycles. The van der Waals surface area contributed by atoms with Crippen molar-refractivity contribution in [2.24, 2.45) is 0 Å². The molecule has 0 fully saturated rings. The molecule has 0 N–H and O–H groups in total. The molecule has 0 atom stereocenters. The van der Waals surface area contributed by atoms with E-state index in [4.69, 9.17) is 9.47 Å². The number of halogens is 1. The van der Waals surface area contributed by atoms with Gasteiger partial charge in [-0.1, -0.05) is 31.4 Å². The Morgan fingerprint density at radius 2 is 1.83 bits per heavy atom. The van der Waals surface area contributed by atoms with Crippen LogP contribution in [0.5, 0.6) is 5.75 Å². The van der Waals surface area contributed by atoms with Crippen molar-refractivity contribution in [1.82, 2.24) is 0 Å². The topological polar surface area (TPSA) is 18.5 Å². The van der Waals surface area contributed by atoms with Crippen LogP contribution in [0, 0.1) is 11.9 Å². The van der Waals surface area contributed by atoms with Gasteiger partial charge in [-0.05, 0) is 25.8 Å². The van der Waals surface area contributed by atoms with Crippen LogP contribution >= 0.6 is 0 Å². The predicted molar refractivity (Wildman–Crippen MR) is 70.3 cm³/mol. The minimum absolute atomic E-state index is 0.300. The molecule has 0 amide bonds. The lowest BCUT2D eigenvalue weighted by molar-refractivity contribution is 0.142. The summed E-state index contributed by atoms with van der Waals surface area (Å²) < 4.78 is 23.8. The fourth-order valence-corrected chi connectivity index (χ4v) is 1.68. The normalized spacial score (nSPS) is 10.6. The Kier molecular flexibility index (Phi) is 8.23. The Hall–Kier alpha value is -1.09. The average Bonchev–Trinajstić information content (AvgIpc) is 2.39. The second kappa shape index (κ2) is 9.89. The van der Waals surface area contributed by atoms with Gasteiger partial charge in [0.2, 0.25) is 0 Å². The molecule has 1 radical (unpaired) electrons. The van der Waals surface area contributed by atoms with Crippen LogP contribution in [0.1, 0.15) is 39.0 Å². The maximum absolute atomic E-state index is 13.1. The summed E-state index contributed by atoms with van der Waals surface area (Å²) in [6.45, 7) is 4.24. The monoisotopic (exact) mass is 253 g/mol. The molecule has 1 aromatic carbocycles. The van der Waals surface area contributed by atoms with Crippen LogP contribution in [0.25, 0.3) is 0 Å². The van der Waals surface area contributed by atoms with Crippen molar-refractivity contribution in [3.8, 4) is 5.75 Å². The smallest absolute Gasteiger partial charge is 0.172 e. The standard InChI is InChI=1S/C15H22FO2/c1-2-17-12-8-4-3-5-9-13-18-15-11-7-6-10-14(15)16/h6-7,11H,2-5,8-9,12-13H2,1H3. The van der Waals surface area contributed by atoms with E-state index >= 15 is 0 Å². The molecule has 0 aliphatic rings. The third kappa shape index (κ3) is 6.60. The minimum Gasteiger partial charge on any atom is -0.490 e. The van der Waals surface area contributed by atoms with Crippen LogP contribution < -0.4 is 4.74 Å². The molecule has 0 aromatic heterocycles. The summed E-state index contributed by atoms with van der Waals surface area (Å²) in [6.07, 6.45) is 5.57. The second-order valence-electron chi connectivity index (χ2n) is 4.16. The van der Waals surface area contributed by atoms with Gasteiger partial charge in [0.25, 0.3) is 0 Å². The first-order valence-corrected chi connectivity index (χ1v) is 6.71. The Balaban J connectivity index is 1.94. The predicted octanol–water partition coefficient (Wildman–Crippen LogP) is 3.99. The Morgan fingerprint density at radius 1 is 1.11 bits per heavy atom. The van der Waals surface area contributed by atoms with Gasteiger partial charge in [-0.25, -0.2) is 4.39 Å². The molecule has 0 aliphatic heterocycles. The third-order valence-corrected chi connectivity index (χ3v) is 2.66. The van der Waals surface area contributed by atoms with E-state index in [2.05, 4.69) is 6.07 Å². The highest BCUT2D eigenvalue weighted by molar-refractivity contribution is 5.22. The van der Waals surface area contributed by atoms with Crippen molar-refractivity contribution in [2.75, 3.05) is 19.8 Å². The SMILES string of the molecule is CCOCCCCCCCOc1ccc[c]c1F. The number of hydrogen-bond acceptors (Lipinski definition) is 2. The maximum Gasteiger partial charge on any atom is 0.172 e. The van der Waals surface area contributed by atoms with E-state index in [0.29, 0.717) is 12.4 Å². The molecule has 18 heavy (non-hydrogen) atoms. The molecule has 2 nitrogen and oxygen atoms in total. The van der Waals surface area contributed by atoms with Gasteiger partial charge < -0.3 is 9.47 Å². The number of unbranched alkanes of at least 4 members (excludes halogenated alkanes) is 4. The zero-order valence-electron chi connectivity index (χ0n) is 11.1. The molecule has 0 spiro atoms. The fraction of sp³-hybridized carbons (Fsp3) is 0.600. The second-order valence-corrected chi connectivity index (χ2v) is 4.16. The summed E-state index contributed by atoms with van der Waals surface area (Å²) in [7, 11) is 0. The van der Waals surface area contributed by atoms with Crippen LogP contribution in [0.15, 0.2) is 18.2 Å². The largest absolute Gasteiger partial charge is 0.490 e. The van der Waals surface area contributed by atoms with E-state index in [1.165, 1.54) is 12.8 Å². The van der Waals surface area contributed by atoms with Crippen LogP contribution in [0.4, 0.5) is 4.39 Å². The van der Waals surface area contributed by atoms with Gasteiger partial charge >= 0.3 is 0 Å². The highest BCUT2D eigenvalue weighted by atomic mass is 19.1. The molecular formula is C15H22FO2. The molecule has 0 unspecified atom stereocenters. The van der Waals surface area contributed by atoms with Gasteiger partial charge in [0.05, 0.1) is 6.61 Å². The molecule has 0 saturated carbocycles. The fourth-order valence-electron chi connectivity index (χ4n) is 1.68. The Bertz CT molecular complexity index is 315. The van der Waals surface area contributed by atoms with E-state index in [1.807, 2.05) is 6.92 Å². The van der Waals surface area contributed by atoms with E-state index in [1.54, 1.807) is 18.2 Å².